The van der Waals surface area contributed by atoms with Gasteiger partial charge in [0.15, 0.2) is 0 Å². The number of ether oxygens (including phenoxy) is 1. The van der Waals surface area contributed by atoms with E-state index in [9.17, 15) is 5.11 Å². The zero-order valence-electron chi connectivity index (χ0n) is 10.6. The van der Waals surface area contributed by atoms with Gasteiger partial charge in [0.1, 0.15) is 18.1 Å². The summed E-state index contributed by atoms with van der Waals surface area (Å²) in [7, 11) is 0. The summed E-state index contributed by atoms with van der Waals surface area (Å²) in [4.78, 5) is 0. The first-order chi connectivity index (χ1) is 8.71. The molecule has 0 atom stereocenters. The molecule has 0 fully saturated rings. The fourth-order valence-electron chi connectivity index (χ4n) is 1.49. The quantitative estimate of drug-likeness (QED) is 0.758. The Morgan fingerprint density at radius 2 is 2.28 bits per heavy atom. The van der Waals surface area contributed by atoms with Gasteiger partial charge in [0, 0.05) is 18.2 Å². The van der Waals surface area contributed by atoms with Gasteiger partial charge < -0.3 is 15.6 Å². The van der Waals surface area contributed by atoms with Crippen LogP contribution in [0.1, 0.15) is 12.5 Å². The van der Waals surface area contributed by atoms with E-state index in [4.69, 9.17) is 10.5 Å². The van der Waals surface area contributed by atoms with Crippen LogP contribution in [0.3, 0.4) is 0 Å². The Balaban J connectivity index is 2.71. The topological polar surface area (TPSA) is 55.5 Å². The summed E-state index contributed by atoms with van der Waals surface area (Å²) >= 11 is 0. The molecular weight excluding hydrogens is 226 g/mol. The highest BCUT2D eigenvalue weighted by Gasteiger charge is 2.02. The Morgan fingerprint density at radius 3 is 2.83 bits per heavy atom. The van der Waals surface area contributed by atoms with Crippen molar-refractivity contribution in [2.24, 2.45) is 5.73 Å². The van der Waals surface area contributed by atoms with Crippen LogP contribution in [0.2, 0.25) is 0 Å². The summed E-state index contributed by atoms with van der Waals surface area (Å²) in [6.07, 6.45) is 7.49. The smallest absolute Gasteiger partial charge is 0.123 e. The van der Waals surface area contributed by atoms with Crippen LogP contribution in [0.4, 0.5) is 0 Å². The van der Waals surface area contributed by atoms with Crippen LogP contribution in [0, 0.1) is 0 Å². The van der Waals surface area contributed by atoms with Crippen molar-refractivity contribution in [3.05, 3.63) is 60.2 Å². The number of phenols is 1. The fourth-order valence-corrected chi connectivity index (χ4v) is 1.49. The molecule has 0 aliphatic carbocycles. The summed E-state index contributed by atoms with van der Waals surface area (Å²) in [6, 6.07) is 5.13. The molecule has 1 rings (SSSR count). The molecule has 96 valence electrons. The van der Waals surface area contributed by atoms with Crippen LogP contribution in [-0.2, 0) is 6.54 Å². The molecule has 0 aliphatic rings. The average Bonchev–Trinajstić information content (AvgIpc) is 2.36. The number of benzene rings is 1. The van der Waals surface area contributed by atoms with Gasteiger partial charge in [-0.2, -0.15) is 0 Å². The van der Waals surface area contributed by atoms with Crippen molar-refractivity contribution in [1.29, 1.82) is 0 Å². The molecule has 0 aliphatic heterocycles. The molecule has 0 heterocycles. The van der Waals surface area contributed by atoms with E-state index in [1.165, 1.54) is 0 Å². The predicted molar refractivity (Wildman–Crippen MR) is 74.6 cm³/mol. The molecule has 3 N–H and O–H groups in total. The van der Waals surface area contributed by atoms with E-state index in [-0.39, 0.29) is 5.75 Å². The number of hydrogen-bond acceptors (Lipinski definition) is 3. The van der Waals surface area contributed by atoms with Crippen molar-refractivity contribution < 1.29 is 9.84 Å². The zero-order valence-corrected chi connectivity index (χ0v) is 10.6. The highest BCUT2D eigenvalue weighted by Crippen LogP contribution is 2.23. The van der Waals surface area contributed by atoms with Gasteiger partial charge in [-0.05, 0) is 18.6 Å². The molecule has 0 saturated heterocycles. The Kier molecular flexibility index (Phi) is 5.74. The van der Waals surface area contributed by atoms with Gasteiger partial charge in [-0.3, -0.25) is 0 Å². The molecule has 1 aromatic carbocycles. The third-order valence-electron chi connectivity index (χ3n) is 2.39. The van der Waals surface area contributed by atoms with E-state index in [1.54, 1.807) is 24.3 Å². The lowest BCUT2D eigenvalue weighted by atomic mass is 10.2. The van der Waals surface area contributed by atoms with E-state index in [1.807, 2.05) is 25.2 Å². The lowest BCUT2D eigenvalue weighted by molar-refractivity contribution is 0.352. The molecule has 0 bridgehead atoms. The SMILES string of the molecule is C=C/C=C(\C=C/C)COc1ccc(CN)c(O)c1. The van der Waals surface area contributed by atoms with Gasteiger partial charge in [-0.25, -0.2) is 0 Å². The maximum absolute atomic E-state index is 9.66. The van der Waals surface area contributed by atoms with Crippen LogP contribution in [0.25, 0.3) is 0 Å². The first-order valence-corrected chi connectivity index (χ1v) is 5.80. The Labute approximate surface area is 108 Å². The van der Waals surface area contributed by atoms with Crippen LogP contribution in [-0.4, -0.2) is 11.7 Å². The third kappa shape index (κ3) is 4.11. The van der Waals surface area contributed by atoms with Gasteiger partial charge in [-0.15, -0.1) is 0 Å². The van der Waals surface area contributed by atoms with Crippen molar-refractivity contribution in [2.45, 2.75) is 13.5 Å². The molecule has 0 saturated carbocycles. The highest BCUT2D eigenvalue weighted by molar-refractivity contribution is 5.39. The molecule has 18 heavy (non-hydrogen) atoms. The molecule has 0 spiro atoms. The Morgan fingerprint density at radius 1 is 1.50 bits per heavy atom. The van der Waals surface area contributed by atoms with Gasteiger partial charge in [-0.1, -0.05) is 36.9 Å². The first kappa shape index (κ1) is 14.1. The van der Waals surface area contributed by atoms with Crippen LogP contribution < -0.4 is 10.5 Å². The number of hydrogen-bond donors (Lipinski definition) is 2. The molecule has 0 radical (unpaired) electrons. The number of allylic oxidation sites excluding steroid dienone is 3. The minimum Gasteiger partial charge on any atom is -0.507 e. The predicted octanol–water partition coefficient (Wildman–Crippen LogP) is 2.92. The molecule has 3 nitrogen and oxygen atoms in total. The minimum atomic E-state index is 0.162. The molecule has 3 heteroatoms. The number of phenolic OH excluding ortho intramolecular Hbond substituents is 1. The highest BCUT2D eigenvalue weighted by atomic mass is 16.5. The first-order valence-electron chi connectivity index (χ1n) is 5.80. The van der Waals surface area contributed by atoms with Crippen molar-refractivity contribution in [1.82, 2.24) is 0 Å². The van der Waals surface area contributed by atoms with Crippen molar-refractivity contribution in [2.75, 3.05) is 6.61 Å². The normalized spacial score (nSPS) is 11.8. The van der Waals surface area contributed by atoms with Crippen LogP contribution >= 0.6 is 0 Å². The van der Waals surface area contributed by atoms with Crippen molar-refractivity contribution in [3.63, 3.8) is 0 Å². The summed E-state index contributed by atoms with van der Waals surface area (Å²) in [5, 5.41) is 9.66. The van der Waals surface area contributed by atoms with Crippen molar-refractivity contribution in [3.8, 4) is 11.5 Å². The second kappa shape index (κ2) is 7.35. The second-order valence-electron chi connectivity index (χ2n) is 3.76. The van der Waals surface area contributed by atoms with Gasteiger partial charge in [0.05, 0.1) is 0 Å². The standard InChI is InChI=1S/C15H19NO2/c1-3-5-12(6-4-2)11-18-14-8-7-13(10-16)15(17)9-14/h3-9,17H,1,10-11,16H2,2H3/b6-4-,12-5+. The lowest BCUT2D eigenvalue weighted by Crippen LogP contribution is -2.01. The summed E-state index contributed by atoms with van der Waals surface area (Å²) in [6.45, 7) is 6.34. The summed E-state index contributed by atoms with van der Waals surface area (Å²) in [5.41, 5.74) is 7.19. The largest absolute Gasteiger partial charge is 0.507 e. The Bertz CT molecular complexity index is 462. The zero-order chi connectivity index (χ0) is 13.4. The second-order valence-corrected chi connectivity index (χ2v) is 3.76. The van der Waals surface area contributed by atoms with Crippen molar-refractivity contribution >= 4 is 0 Å². The number of aromatic hydroxyl groups is 1. The molecule has 1 aromatic rings. The van der Waals surface area contributed by atoms with E-state index in [2.05, 4.69) is 6.58 Å². The van der Waals surface area contributed by atoms with Crippen LogP contribution in [0.15, 0.2) is 54.7 Å². The molecule has 0 unspecified atom stereocenters. The molecular formula is C15H19NO2. The lowest BCUT2D eigenvalue weighted by Gasteiger charge is -2.09. The van der Waals surface area contributed by atoms with Gasteiger partial charge in [0.25, 0.3) is 0 Å². The molecule has 0 amide bonds. The van der Waals surface area contributed by atoms with E-state index in [0.717, 1.165) is 5.57 Å². The monoisotopic (exact) mass is 245 g/mol. The maximum atomic E-state index is 9.66. The number of rotatable bonds is 6. The Hall–Kier alpha value is -2.00. The van der Waals surface area contributed by atoms with Crippen LogP contribution in [0.5, 0.6) is 11.5 Å². The summed E-state index contributed by atoms with van der Waals surface area (Å²) in [5.74, 6) is 0.777. The maximum Gasteiger partial charge on any atom is 0.123 e. The third-order valence-corrected chi connectivity index (χ3v) is 2.39. The average molecular weight is 245 g/mol. The fraction of sp³-hybridized carbons (Fsp3) is 0.200. The molecule has 0 aromatic heterocycles. The minimum absolute atomic E-state index is 0.162. The van der Waals surface area contributed by atoms with E-state index >= 15 is 0 Å². The van der Waals surface area contributed by atoms with E-state index < -0.39 is 0 Å². The van der Waals surface area contributed by atoms with Gasteiger partial charge >= 0.3 is 0 Å². The van der Waals surface area contributed by atoms with Gasteiger partial charge in [0.2, 0.25) is 0 Å². The number of nitrogens with two attached hydrogens (primary N) is 1. The summed E-state index contributed by atoms with van der Waals surface area (Å²) < 4.78 is 5.59. The van der Waals surface area contributed by atoms with E-state index in [0.29, 0.717) is 24.5 Å².